The summed E-state index contributed by atoms with van der Waals surface area (Å²) in [6.07, 6.45) is 0. The van der Waals surface area contributed by atoms with Gasteiger partial charge >= 0.3 is 0 Å². The molecule has 0 radical (unpaired) electrons. The molecule has 0 aliphatic carbocycles. The number of ether oxygens (including phenoxy) is 1. The van der Waals surface area contributed by atoms with Crippen LogP contribution in [0.3, 0.4) is 0 Å². The van der Waals surface area contributed by atoms with E-state index in [-0.39, 0.29) is 0 Å². The third-order valence-corrected chi connectivity index (χ3v) is 2.91. The van der Waals surface area contributed by atoms with Gasteiger partial charge in [-0.05, 0) is 31.5 Å². The average molecular weight is 267 g/mol. The molecule has 4 nitrogen and oxygen atoms in total. The van der Waals surface area contributed by atoms with E-state index >= 15 is 0 Å². The van der Waals surface area contributed by atoms with Crippen molar-refractivity contribution in [3.63, 3.8) is 0 Å². The molecule has 0 aliphatic heterocycles. The quantitative estimate of drug-likeness (QED) is 0.923. The maximum Gasteiger partial charge on any atom is 0.167 e. The summed E-state index contributed by atoms with van der Waals surface area (Å²) in [5.74, 6) is 1.34. The number of benzene rings is 1. The van der Waals surface area contributed by atoms with Gasteiger partial charge < -0.3 is 15.0 Å². The standard InChI is InChI=1S/C13H15ClN2O2/c1-3-17-13-4-8(2)10(6-11(13)14)12-5-9(7-15)16-18-12/h4-6H,3,7,15H2,1-2H3. The van der Waals surface area contributed by atoms with E-state index in [1.807, 2.05) is 32.0 Å². The van der Waals surface area contributed by atoms with Crippen molar-refractivity contribution in [1.82, 2.24) is 5.16 Å². The topological polar surface area (TPSA) is 61.3 Å². The van der Waals surface area contributed by atoms with Gasteiger partial charge in [-0.25, -0.2) is 0 Å². The highest BCUT2D eigenvalue weighted by Gasteiger charge is 2.12. The highest BCUT2D eigenvalue weighted by Crippen LogP contribution is 2.33. The van der Waals surface area contributed by atoms with Gasteiger partial charge in [0.2, 0.25) is 0 Å². The zero-order valence-corrected chi connectivity index (χ0v) is 11.1. The monoisotopic (exact) mass is 266 g/mol. The zero-order chi connectivity index (χ0) is 13.1. The van der Waals surface area contributed by atoms with E-state index in [9.17, 15) is 0 Å². The predicted molar refractivity (Wildman–Crippen MR) is 70.7 cm³/mol. The van der Waals surface area contributed by atoms with Crippen LogP contribution in [0.2, 0.25) is 5.02 Å². The molecular formula is C13H15ClN2O2. The minimum Gasteiger partial charge on any atom is -0.492 e. The van der Waals surface area contributed by atoms with Crippen LogP contribution >= 0.6 is 11.6 Å². The van der Waals surface area contributed by atoms with E-state index in [0.29, 0.717) is 29.7 Å². The Kier molecular flexibility index (Phi) is 3.89. The van der Waals surface area contributed by atoms with E-state index in [1.165, 1.54) is 0 Å². The molecule has 2 N–H and O–H groups in total. The van der Waals surface area contributed by atoms with Crippen LogP contribution in [0.4, 0.5) is 0 Å². The molecule has 1 aromatic heterocycles. The summed E-state index contributed by atoms with van der Waals surface area (Å²) in [5.41, 5.74) is 8.14. The van der Waals surface area contributed by atoms with Crippen molar-refractivity contribution in [2.75, 3.05) is 6.61 Å². The number of nitrogens with two attached hydrogens (primary N) is 1. The van der Waals surface area contributed by atoms with Crippen LogP contribution in [0.25, 0.3) is 11.3 Å². The predicted octanol–water partition coefficient (Wildman–Crippen LogP) is 3.16. The van der Waals surface area contributed by atoms with Crippen molar-refractivity contribution in [3.8, 4) is 17.1 Å². The molecule has 0 fully saturated rings. The van der Waals surface area contributed by atoms with Crippen molar-refractivity contribution in [2.24, 2.45) is 5.73 Å². The van der Waals surface area contributed by atoms with Crippen molar-refractivity contribution in [1.29, 1.82) is 0 Å². The molecule has 0 saturated heterocycles. The van der Waals surface area contributed by atoms with Gasteiger partial charge in [-0.1, -0.05) is 16.8 Å². The van der Waals surface area contributed by atoms with Gasteiger partial charge in [-0.3, -0.25) is 0 Å². The Labute approximate surface area is 111 Å². The Bertz CT molecular complexity index is 552. The SMILES string of the molecule is CCOc1cc(C)c(-c2cc(CN)no2)cc1Cl. The minimum atomic E-state index is 0.354. The van der Waals surface area contributed by atoms with Crippen LogP contribution in [-0.2, 0) is 6.54 Å². The summed E-state index contributed by atoms with van der Waals surface area (Å²) in [6.45, 7) is 4.83. The molecule has 18 heavy (non-hydrogen) atoms. The molecule has 0 spiro atoms. The molecule has 0 saturated carbocycles. The summed E-state index contributed by atoms with van der Waals surface area (Å²) < 4.78 is 10.7. The summed E-state index contributed by atoms with van der Waals surface area (Å²) in [4.78, 5) is 0. The average Bonchev–Trinajstić information content (AvgIpc) is 2.82. The van der Waals surface area contributed by atoms with Crippen molar-refractivity contribution < 1.29 is 9.26 Å². The minimum absolute atomic E-state index is 0.354. The maximum atomic E-state index is 6.16. The van der Waals surface area contributed by atoms with Crippen LogP contribution in [-0.4, -0.2) is 11.8 Å². The van der Waals surface area contributed by atoms with Crippen LogP contribution < -0.4 is 10.5 Å². The van der Waals surface area contributed by atoms with Crippen LogP contribution in [0.15, 0.2) is 22.7 Å². The first-order chi connectivity index (χ1) is 8.65. The highest BCUT2D eigenvalue weighted by atomic mass is 35.5. The second-order valence-corrected chi connectivity index (χ2v) is 4.32. The molecule has 1 heterocycles. The summed E-state index contributed by atoms with van der Waals surface area (Å²) in [6, 6.07) is 5.54. The first-order valence-corrected chi connectivity index (χ1v) is 6.12. The van der Waals surface area contributed by atoms with Gasteiger partial charge in [-0.2, -0.15) is 0 Å². The van der Waals surface area contributed by atoms with Gasteiger partial charge in [0.1, 0.15) is 5.75 Å². The molecule has 0 atom stereocenters. The second kappa shape index (κ2) is 5.42. The van der Waals surface area contributed by atoms with E-state index < -0.39 is 0 Å². The summed E-state index contributed by atoms with van der Waals surface area (Å²) in [5, 5.41) is 4.42. The summed E-state index contributed by atoms with van der Waals surface area (Å²) >= 11 is 6.16. The van der Waals surface area contributed by atoms with Crippen LogP contribution in [0.5, 0.6) is 5.75 Å². The molecule has 0 aliphatic rings. The third-order valence-electron chi connectivity index (χ3n) is 2.61. The number of aryl methyl sites for hydroxylation is 1. The smallest absolute Gasteiger partial charge is 0.167 e. The molecule has 5 heteroatoms. The maximum absolute atomic E-state index is 6.16. The van der Waals surface area contributed by atoms with E-state index in [4.69, 9.17) is 26.6 Å². The number of rotatable bonds is 4. The lowest BCUT2D eigenvalue weighted by atomic mass is 10.1. The van der Waals surface area contributed by atoms with Crippen LogP contribution in [0.1, 0.15) is 18.2 Å². The number of halogens is 1. The molecule has 2 rings (SSSR count). The first kappa shape index (κ1) is 12.9. The highest BCUT2D eigenvalue weighted by molar-refractivity contribution is 6.32. The van der Waals surface area contributed by atoms with Gasteiger partial charge in [0, 0.05) is 18.2 Å². The van der Waals surface area contributed by atoms with Crippen molar-refractivity contribution in [2.45, 2.75) is 20.4 Å². The van der Waals surface area contributed by atoms with Gasteiger partial charge in [-0.15, -0.1) is 0 Å². The lowest BCUT2D eigenvalue weighted by molar-refractivity contribution is 0.340. The Hall–Kier alpha value is -1.52. The normalized spacial score (nSPS) is 10.7. The number of nitrogens with zero attached hydrogens (tertiary/aromatic N) is 1. The molecule has 0 unspecified atom stereocenters. The lowest BCUT2D eigenvalue weighted by Gasteiger charge is -2.09. The van der Waals surface area contributed by atoms with Crippen LogP contribution in [0, 0.1) is 6.92 Å². The van der Waals surface area contributed by atoms with E-state index in [1.54, 1.807) is 0 Å². The number of aromatic nitrogens is 1. The van der Waals surface area contributed by atoms with Gasteiger partial charge in [0.15, 0.2) is 5.76 Å². The van der Waals surface area contributed by atoms with Crippen molar-refractivity contribution in [3.05, 3.63) is 34.5 Å². The fraction of sp³-hybridized carbons (Fsp3) is 0.308. The Morgan fingerprint density at radius 3 is 2.78 bits per heavy atom. The Balaban J connectivity index is 2.42. The first-order valence-electron chi connectivity index (χ1n) is 5.74. The Morgan fingerprint density at radius 1 is 1.39 bits per heavy atom. The lowest BCUT2D eigenvalue weighted by Crippen LogP contribution is -1.95. The fourth-order valence-corrected chi connectivity index (χ4v) is 1.94. The summed E-state index contributed by atoms with van der Waals surface area (Å²) in [7, 11) is 0. The number of hydrogen-bond acceptors (Lipinski definition) is 4. The molecular weight excluding hydrogens is 252 g/mol. The zero-order valence-electron chi connectivity index (χ0n) is 10.4. The van der Waals surface area contributed by atoms with Crippen molar-refractivity contribution >= 4 is 11.6 Å². The van der Waals surface area contributed by atoms with E-state index in [0.717, 1.165) is 16.8 Å². The number of hydrogen-bond donors (Lipinski definition) is 1. The van der Waals surface area contributed by atoms with Gasteiger partial charge in [0.05, 0.1) is 17.3 Å². The Morgan fingerprint density at radius 2 is 2.17 bits per heavy atom. The van der Waals surface area contributed by atoms with E-state index in [2.05, 4.69) is 5.16 Å². The molecule has 96 valence electrons. The molecule has 0 amide bonds. The van der Waals surface area contributed by atoms with Gasteiger partial charge in [0.25, 0.3) is 0 Å². The second-order valence-electron chi connectivity index (χ2n) is 3.92. The molecule has 0 bridgehead atoms. The molecule has 1 aromatic carbocycles. The largest absolute Gasteiger partial charge is 0.492 e. The fourth-order valence-electron chi connectivity index (χ4n) is 1.72. The third kappa shape index (κ3) is 2.49. The molecule has 2 aromatic rings.